The van der Waals surface area contributed by atoms with Gasteiger partial charge >= 0.3 is 0 Å². The Hall–Kier alpha value is -1.56. The monoisotopic (exact) mass is 336 g/mol. The van der Waals surface area contributed by atoms with Crippen LogP contribution in [0.2, 0.25) is 0 Å². The SMILES string of the molecule is CC1Cc2ccccc2N1CCC(=O)N(C)C1CCS(=O)(=O)C1. The molecule has 2 aliphatic rings. The molecule has 2 heterocycles. The molecule has 2 unspecified atom stereocenters. The Labute approximate surface area is 138 Å². The van der Waals surface area contributed by atoms with Gasteiger partial charge in [-0.3, -0.25) is 4.79 Å². The minimum Gasteiger partial charge on any atom is -0.368 e. The molecule has 1 amide bonds. The Kier molecular flexibility index (Phi) is 4.36. The number of hydrogen-bond acceptors (Lipinski definition) is 4. The predicted octanol–water partition coefficient (Wildman–Crippen LogP) is 1.47. The number of carbonyl (C=O) groups is 1. The predicted molar refractivity (Wildman–Crippen MR) is 91.4 cm³/mol. The zero-order valence-electron chi connectivity index (χ0n) is 13.7. The summed E-state index contributed by atoms with van der Waals surface area (Å²) in [6.45, 7) is 2.86. The lowest BCUT2D eigenvalue weighted by atomic mass is 10.1. The van der Waals surface area contributed by atoms with Crippen LogP contribution < -0.4 is 4.90 Å². The molecular formula is C17H24N2O3S. The summed E-state index contributed by atoms with van der Waals surface area (Å²) in [6.07, 6.45) is 2.00. The highest BCUT2D eigenvalue weighted by molar-refractivity contribution is 7.91. The fourth-order valence-electron chi connectivity index (χ4n) is 3.65. The number of rotatable bonds is 4. The van der Waals surface area contributed by atoms with Crippen LogP contribution in [0, 0.1) is 0 Å². The Bertz CT molecular complexity index is 702. The quantitative estimate of drug-likeness (QED) is 0.835. The van der Waals surface area contributed by atoms with Gasteiger partial charge in [-0.2, -0.15) is 0 Å². The molecule has 5 nitrogen and oxygen atoms in total. The van der Waals surface area contributed by atoms with Gasteiger partial charge in [0.15, 0.2) is 9.84 Å². The Morgan fingerprint density at radius 2 is 2.09 bits per heavy atom. The van der Waals surface area contributed by atoms with Crippen LogP contribution in [0.5, 0.6) is 0 Å². The average molecular weight is 336 g/mol. The van der Waals surface area contributed by atoms with E-state index in [1.165, 1.54) is 11.3 Å². The van der Waals surface area contributed by atoms with E-state index in [0.29, 0.717) is 25.4 Å². The molecule has 1 saturated heterocycles. The van der Waals surface area contributed by atoms with E-state index >= 15 is 0 Å². The van der Waals surface area contributed by atoms with Crippen molar-refractivity contribution in [2.75, 3.05) is 30.0 Å². The minimum atomic E-state index is -2.96. The van der Waals surface area contributed by atoms with Crippen molar-refractivity contribution in [1.82, 2.24) is 4.90 Å². The average Bonchev–Trinajstić information content (AvgIpc) is 3.03. The van der Waals surface area contributed by atoms with Gasteiger partial charge in [0.05, 0.1) is 11.5 Å². The lowest BCUT2D eigenvalue weighted by Gasteiger charge is -2.28. The van der Waals surface area contributed by atoms with Gasteiger partial charge in [0, 0.05) is 37.8 Å². The highest BCUT2D eigenvalue weighted by atomic mass is 32.2. The highest BCUT2D eigenvalue weighted by Crippen LogP contribution is 2.31. The molecule has 126 valence electrons. The summed E-state index contributed by atoms with van der Waals surface area (Å²) in [5.41, 5.74) is 2.56. The van der Waals surface area contributed by atoms with Crippen molar-refractivity contribution in [3.05, 3.63) is 29.8 Å². The van der Waals surface area contributed by atoms with Crippen LogP contribution in [-0.2, 0) is 21.1 Å². The number of sulfone groups is 1. The van der Waals surface area contributed by atoms with Gasteiger partial charge in [-0.15, -0.1) is 0 Å². The van der Waals surface area contributed by atoms with E-state index in [9.17, 15) is 13.2 Å². The summed E-state index contributed by atoms with van der Waals surface area (Å²) in [5, 5.41) is 0. The van der Waals surface area contributed by atoms with Gasteiger partial charge in [-0.25, -0.2) is 8.42 Å². The van der Waals surface area contributed by atoms with E-state index < -0.39 is 9.84 Å². The lowest BCUT2D eigenvalue weighted by molar-refractivity contribution is -0.131. The van der Waals surface area contributed by atoms with E-state index in [-0.39, 0.29) is 23.5 Å². The maximum atomic E-state index is 12.4. The highest BCUT2D eigenvalue weighted by Gasteiger charge is 2.33. The molecule has 0 saturated carbocycles. The molecule has 2 atom stereocenters. The van der Waals surface area contributed by atoms with Crippen molar-refractivity contribution in [2.45, 2.75) is 38.3 Å². The van der Waals surface area contributed by atoms with Crippen molar-refractivity contribution in [1.29, 1.82) is 0 Å². The first-order chi connectivity index (χ1) is 10.9. The van der Waals surface area contributed by atoms with E-state index in [1.54, 1.807) is 11.9 Å². The molecule has 0 spiro atoms. The second-order valence-corrected chi connectivity index (χ2v) is 8.92. The van der Waals surface area contributed by atoms with E-state index in [2.05, 4.69) is 30.0 Å². The summed E-state index contributed by atoms with van der Waals surface area (Å²) in [4.78, 5) is 16.3. The van der Waals surface area contributed by atoms with Crippen LogP contribution in [0.1, 0.15) is 25.3 Å². The van der Waals surface area contributed by atoms with Crippen molar-refractivity contribution < 1.29 is 13.2 Å². The third-order valence-electron chi connectivity index (χ3n) is 5.06. The summed E-state index contributed by atoms with van der Waals surface area (Å²) >= 11 is 0. The molecule has 2 aliphatic heterocycles. The Morgan fingerprint density at radius 1 is 1.35 bits per heavy atom. The molecule has 0 N–H and O–H groups in total. The number of hydrogen-bond donors (Lipinski definition) is 0. The smallest absolute Gasteiger partial charge is 0.224 e. The number of carbonyl (C=O) groups excluding carboxylic acids is 1. The molecule has 1 aromatic rings. The maximum Gasteiger partial charge on any atom is 0.224 e. The summed E-state index contributed by atoms with van der Waals surface area (Å²) in [7, 11) is -1.23. The van der Waals surface area contributed by atoms with Crippen molar-refractivity contribution in [2.24, 2.45) is 0 Å². The molecule has 0 radical (unpaired) electrons. The van der Waals surface area contributed by atoms with Gasteiger partial charge in [0.25, 0.3) is 0 Å². The zero-order chi connectivity index (χ0) is 16.6. The number of benzene rings is 1. The Balaban J connectivity index is 1.59. The fraction of sp³-hybridized carbons (Fsp3) is 0.588. The van der Waals surface area contributed by atoms with E-state index in [1.807, 2.05) is 6.07 Å². The number of fused-ring (bicyclic) bond motifs is 1. The first kappa shape index (κ1) is 16.3. The van der Waals surface area contributed by atoms with Crippen LogP contribution in [0.25, 0.3) is 0 Å². The lowest BCUT2D eigenvalue weighted by Crippen LogP contribution is -2.40. The molecule has 0 aliphatic carbocycles. The second kappa shape index (κ2) is 6.15. The topological polar surface area (TPSA) is 57.7 Å². The third-order valence-corrected chi connectivity index (χ3v) is 6.81. The van der Waals surface area contributed by atoms with Crippen molar-refractivity contribution in [3.63, 3.8) is 0 Å². The standard InChI is InChI=1S/C17H24N2O3S/c1-13-11-14-5-3-4-6-16(14)19(13)9-7-17(20)18(2)15-8-10-23(21,22)12-15/h3-6,13,15H,7-12H2,1-2H3. The first-order valence-electron chi connectivity index (χ1n) is 8.18. The molecule has 0 bridgehead atoms. The molecule has 6 heteroatoms. The van der Waals surface area contributed by atoms with Crippen LogP contribution in [0.4, 0.5) is 5.69 Å². The molecular weight excluding hydrogens is 312 g/mol. The molecule has 3 rings (SSSR count). The van der Waals surface area contributed by atoms with Crippen LogP contribution >= 0.6 is 0 Å². The normalized spacial score (nSPS) is 25.4. The number of para-hydroxylation sites is 1. The molecule has 1 aromatic carbocycles. The summed E-state index contributed by atoms with van der Waals surface area (Å²) in [5.74, 6) is 0.341. The van der Waals surface area contributed by atoms with Gasteiger partial charge < -0.3 is 9.80 Å². The van der Waals surface area contributed by atoms with Crippen LogP contribution in [0.3, 0.4) is 0 Å². The van der Waals surface area contributed by atoms with Crippen LogP contribution in [-0.4, -0.2) is 56.4 Å². The van der Waals surface area contributed by atoms with E-state index in [0.717, 1.165) is 6.42 Å². The van der Waals surface area contributed by atoms with Gasteiger partial charge in [-0.1, -0.05) is 18.2 Å². The van der Waals surface area contributed by atoms with Crippen molar-refractivity contribution >= 4 is 21.4 Å². The van der Waals surface area contributed by atoms with Gasteiger partial charge in [0.2, 0.25) is 5.91 Å². The molecule has 1 fully saturated rings. The summed E-state index contributed by atoms with van der Waals surface area (Å²) < 4.78 is 23.1. The van der Waals surface area contributed by atoms with Crippen LogP contribution in [0.15, 0.2) is 24.3 Å². The van der Waals surface area contributed by atoms with Gasteiger partial charge in [0.1, 0.15) is 0 Å². The van der Waals surface area contributed by atoms with Gasteiger partial charge in [-0.05, 0) is 31.4 Å². The third kappa shape index (κ3) is 3.37. The number of nitrogens with zero attached hydrogens (tertiary/aromatic N) is 2. The second-order valence-electron chi connectivity index (χ2n) is 6.69. The minimum absolute atomic E-state index is 0.0312. The molecule has 23 heavy (non-hydrogen) atoms. The first-order valence-corrected chi connectivity index (χ1v) is 10.00. The number of anilines is 1. The largest absolute Gasteiger partial charge is 0.368 e. The number of amides is 1. The van der Waals surface area contributed by atoms with E-state index in [4.69, 9.17) is 0 Å². The Morgan fingerprint density at radius 3 is 2.78 bits per heavy atom. The fourth-order valence-corrected chi connectivity index (χ4v) is 5.42. The van der Waals surface area contributed by atoms with Crippen molar-refractivity contribution in [3.8, 4) is 0 Å². The summed E-state index contributed by atoms with van der Waals surface area (Å²) in [6, 6.07) is 8.57. The zero-order valence-corrected chi connectivity index (χ0v) is 14.6. The molecule has 0 aromatic heterocycles. The maximum absolute atomic E-state index is 12.4.